The summed E-state index contributed by atoms with van der Waals surface area (Å²) in [7, 11) is 0. The fourth-order valence-electron chi connectivity index (χ4n) is 4.80. The lowest BCUT2D eigenvalue weighted by Crippen LogP contribution is -2.50. The second kappa shape index (κ2) is 23.6. The summed E-state index contributed by atoms with van der Waals surface area (Å²) >= 11 is 1.83. The lowest BCUT2D eigenvalue weighted by Gasteiger charge is -2.40. The van der Waals surface area contributed by atoms with Gasteiger partial charge in [0.05, 0.1) is 31.1 Å². The summed E-state index contributed by atoms with van der Waals surface area (Å²) in [5, 5.41) is 2.14. The summed E-state index contributed by atoms with van der Waals surface area (Å²) in [5.74, 6) is 0.984. The summed E-state index contributed by atoms with van der Waals surface area (Å²) in [6, 6.07) is 0. The summed E-state index contributed by atoms with van der Waals surface area (Å²) in [6.45, 7) is 6.52. The highest BCUT2D eigenvalue weighted by Gasteiger charge is 2.40. The zero-order valence-corrected chi connectivity index (χ0v) is 26.3. The molecule has 5 nitrogen and oxygen atoms in total. The molecule has 1 fully saturated rings. The van der Waals surface area contributed by atoms with Gasteiger partial charge in [-0.15, -0.1) is 28.7 Å². The first-order chi connectivity index (χ1) is 17.7. The van der Waals surface area contributed by atoms with Crippen LogP contribution in [-0.2, 0) is 19.0 Å². The van der Waals surface area contributed by atoms with Crippen LogP contribution in [0, 0.1) is 5.41 Å². The van der Waals surface area contributed by atoms with Crippen LogP contribution in [0.5, 0.6) is 0 Å². The Morgan fingerprint density at radius 1 is 0.838 bits per heavy atom. The van der Waals surface area contributed by atoms with Crippen LogP contribution in [0.15, 0.2) is 11.6 Å². The van der Waals surface area contributed by atoms with Crippen LogP contribution in [0.2, 0.25) is 0 Å². The highest BCUT2D eigenvalue weighted by molar-refractivity contribution is 8.93. The molecule has 0 aromatic rings. The van der Waals surface area contributed by atoms with E-state index in [0.717, 1.165) is 44.7 Å². The molecule has 2 aliphatic rings. The molecule has 0 aliphatic carbocycles. The van der Waals surface area contributed by atoms with Crippen molar-refractivity contribution < 1.29 is 19.0 Å². The number of hydrogen-bond acceptors (Lipinski definition) is 6. The van der Waals surface area contributed by atoms with Gasteiger partial charge in [0.1, 0.15) is 6.61 Å². The minimum atomic E-state index is -0.120. The van der Waals surface area contributed by atoms with E-state index in [-0.39, 0.29) is 28.4 Å². The molecule has 2 rings (SSSR count). The van der Waals surface area contributed by atoms with Gasteiger partial charge in [0.15, 0.2) is 0 Å². The largest absolute Gasteiger partial charge is 0.465 e. The third-order valence-electron chi connectivity index (χ3n) is 7.34. The summed E-state index contributed by atoms with van der Waals surface area (Å²) in [6.07, 6.45) is 25.0. The normalized spacial score (nSPS) is 16.0. The molecule has 0 spiro atoms. The fraction of sp³-hybridized carbons (Fsp3) is 0.900. The molecule has 2 heterocycles. The molecule has 37 heavy (non-hydrogen) atoms. The number of thioether (sulfide) groups is 1. The third-order valence-corrected chi connectivity index (χ3v) is 8.14. The smallest absolute Gasteiger partial charge is 0.305 e. The first-order valence-electron chi connectivity index (χ1n) is 15.1. The van der Waals surface area contributed by atoms with Crippen LogP contribution >= 0.6 is 28.7 Å². The van der Waals surface area contributed by atoms with Crippen LogP contribution < -0.4 is 0 Å². The van der Waals surface area contributed by atoms with Crippen LogP contribution in [0.1, 0.15) is 122 Å². The Morgan fingerprint density at radius 2 is 1.43 bits per heavy atom. The molecule has 0 bridgehead atoms. The molecule has 0 N–H and O–H groups in total. The van der Waals surface area contributed by atoms with E-state index in [0.29, 0.717) is 32.8 Å². The molecule has 0 atom stereocenters. The zero-order chi connectivity index (χ0) is 25.6. The van der Waals surface area contributed by atoms with Crippen molar-refractivity contribution in [3.63, 3.8) is 0 Å². The molecular weight excluding hydrogens is 550 g/mol. The maximum atomic E-state index is 12.1. The topological polar surface area (TPSA) is 48.0 Å². The second-order valence-electron chi connectivity index (χ2n) is 11.0. The quantitative estimate of drug-likeness (QED) is 0.0766. The predicted molar refractivity (Wildman–Crippen MR) is 162 cm³/mol. The number of hydrogen-bond donors (Lipinski definition) is 0. The summed E-state index contributed by atoms with van der Waals surface area (Å²) in [5.41, 5.74) is -0.120. The number of rotatable bonds is 25. The van der Waals surface area contributed by atoms with Crippen LogP contribution in [0.4, 0.5) is 0 Å². The van der Waals surface area contributed by atoms with Gasteiger partial charge in [0, 0.05) is 25.8 Å². The Kier molecular flexibility index (Phi) is 22.2. The number of ether oxygens (including phenoxy) is 3. The predicted octanol–water partition coefficient (Wildman–Crippen LogP) is 8.66. The summed E-state index contributed by atoms with van der Waals surface area (Å²) in [4.78, 5) is 14.5. The Bertz CT molecular complexity index is 574. The first kappa shape index (κ1) is 34.8. The third kappa shape index (κ3) is 17.9. The Balaban J connectivity index is 0.00000684. The highest BCUT2D eigenvalue weighted by atomic mass is 79.9. The van der Waals surface area contributed by atoms with Crippen molar-refractivity contribution in [1.29, 1.82) is 0 Å². The van der Waals surface area contributed by atoms with Crippen LogP contribution in [-0.4, -0.2) is 56.3 Å². The van der Waals surface area contributed by atoms with E-state index < -0.39 is 0 Å². The van der Waals surface area contributed by atoms with Crippen molar-refractivity contribution in [2.24, 2.45) is 5.41 Å². The summed E-state index contributed by atoms with van der Waals surface area (Å²) < 4.78 is 17.0. The number of nitrogens with zero attached hydrogens (tertiary/aromatic N) is 1. The Hall–Kier alpha value is -0.240. The van der Waals surface area contributed by atoms with E-state index in [1.54, 1.807) is 0 Å². The van der Waals surface area contributed by atoms with Gasteiger partial charge in [-0.1, -0.05) is 96.8 Å². The first-order valence-corrected chi connectivity index (χ1v) is 16.1. The highest BCUT2D eigenvalue weighted by Crippen LogP contribution is 2.29. The van der Waals surface area contributed by atoms with E-state index in [1.165, 1.54) is 83.5 Å². The van der Waals surface area contributed by atoms with Gasteiger partial charge in [-0.2, -0.15) is 0 Å². The van der Waals surface area contributed by atoms with Crippen molar-refractivity contribution in [3.8, 4) is 0 Å². The minimum absolute atomic E-state index is 0. The monoisotopic (exact) mass is 605 g/mol. The fourth-order valence-corrected chi connectivity index (χ4v) is 5.55. The molecule has 0 amide bonds. The number of halogens is 1. The molecule has 0 radical (unpaired) electrons. The average molecular weight is 607 g/mol. The number of carbonyl (C=O) groups is 1. The van der Waals surface area contributed by atoms with Gasteiger partial charge in [-0.3, -0.25) is 4.79 Å². The molecule has 7 heteroatoms. The van der Waals surface area contributed by atoms with Crippen molar-refractivity contribution in [2.45, 2.75) is 122 Å². The van der Waals surface area contributed by atoms with Crippen molar-refractivity contribution in [1.82, 2.24) is 4.90 Å². The molecular formula is C30H56BrNO4S. The average Bonchev–Trinajstić information content (AvgIpc) is 3.38. The molecule has 0 aromatic carbocycles. The van der Waals surface area contributed by atoms with E-state index in [4.69, 9.17) is 14.2 Å². The standard InChI is InChI=1S/C30H55NO4S.BrH/c1-2-3-4-5-6-7-8-9-10-11-12-13-14-18-22-33-24-30(25-34-26-30)27-35-29(32)19-16-15-17-20-31-21-23-36-28-31;/h21,23H,2-20,22,24-28H2,1H3;1H. The Morgan fingerprint density at radius 3 is 1.97 bits per heavy atom. The van der Waals surface area contributed by atoms with Crippen molar-refractivity contribution in [2.75, 3.05) is 45.5 Å². The molecule has 2 aliphatic heterocycles. The van der Waals surface area contributed by atoms with E-state index in [2.05, 4.69) is 23.4 Å². The van der Waals surface area contributed by atoms with Gasteiger partial charge in [-0.05, 0) is 24.7 Å². The molecule has 0 saturated carbocycles. The van der Waals surface area contributed by atoms with E-state index in [1.807, 2.05) is 11.8 Å². The number of esters is 1. The molecule has 0 aromatic heterocycles. The maximum Gasteiger partial charge on any atom is 0.305 e. The number of carbonyl (C=O) groups excluding carboxylic acids is 1. The van der Waals surface area contributed by atoms with E-state index >= 15 is 0 Å². The lowest BCUT2D eigenvalue weighted by atomic mass is 9.88. The van der Waals surface area contributed by atoms with Gasteiger partial charge >= 0.3 is 5.97 Å². The van der Waals surface area contributed by atoms with E-state index in [9.17, 15) is 4.79 Å². The van der Waals surface area contributed by atoms with Crippen molar-refractivity contribution in [3.05, 3.63) is 11.6 Å². The van der Waals surface area contributed by atoms with Gasteiger partial charge in [-0.25, -0.2) is 0 Å². The van der Waals surface area contributed by atoms with Crippen molar-refractivity contribution >= 4 is 34.7 Å². The second-order valence-corrected chi connectivity index (χ2v) is 11.9. The lowest BCUT2D eigenvalue weighted by molar-refractivity contribution is -0.185. The van der Waals surface area contributed by atoms with Crippen LogP contribution in [0.3, 0.4) is 0 Å². The van der Waals surface area contributed by atoms with Gasteiger partial charge in [0.25, 0.3) is 0 Å². The molecule has 0 unspecified atom stereocenters. The van der Waals surface area contributed by atoms with Gasteiger partial charge < -0.3 is 19.1 Å². The zero-order valence-electron chi connectivity index (χ0n) is 23.7. The van der Waals surface area contributed by atoms with Gasteiger partial charge in [0.2, 0.25) is 0 Å². The minimum Gasteiger partial charge on any atom is -0.465 e. The molecule has 1 saturated heterocycles. The Labute approximate surface area is 243 Å². The maximum absolute atomic E-state index is 12.1. The van der Waals surface area contributed by atoms with Crippen LogP contribution in [0.25, 0.3) is 0 Å². The molecule has 218 valence electrons. The SMILES string of the molecule is Br.CCCCCCCCCCCCCCCCOCC1(COC(=O)CCCCCN2C=CSC2)COC1. The number of unbranched alkanes of at least 4 members (excludes halogenated alkanes) is 15.